The Kier molecular flexibility index (Phi) is 8.82. The predicted octanol–water partition coefficient (Wildman–Crippen LogP) is 13.5. The molecule has 9 aromatic rings. The Morgan fingerprint density at radius 1 is 0.500 bits per heavy atom. The van der Waals surface area contributed by atoms with E-state index < -0.39 is 5.41 Å². The summed E-state index contributed by atoms with van der Waals surface area (Å²) in [5, 5.41) is 20.4. The fourth-order valence-electron chi connectivity index (χ4n) is 8.67. The number of fused-ring (bicyclic) bond motifs is 4. The lowest BCUT2D eigenvalue weighted by atomic mass is 9.68. The van der Waals surface area contributed by atoms with Crippen LogP contribution in [0.1, 0.15) is 44.5 Å². The van der Waals surface area contributed by atoms with Gasteiger partial charge in [-0.25, -0.2) is 4.98 Å². The zero-order chi connectivity index (χ0) is 40.8. The van der Waals surface area contributed by atoms with Crippen LogP contribution in [0.3, 0.4) is 0 Å². The van der Waals surface area contributed by atoms with E-state index in [2.05, 4.69) is 84.9 Å². The van der Waals surface area contributed by atoms with Crippen LogP contribution in [0.25, 0.3) is 44.8 Å². The first-order valence-corrected chi connectivity index (χ1v) is 19.7. The van der Waals surface area contributed by atoms with E-state index in [-0.39, 0.29) is 0 Å². The van der Waals surface area contributed by atoms with E-state index in [0.29, 0.717) is 40.0 Å². The first kappa shape index (κ1) is 36.2. The molecule has 0 unspecified atom stereocenters. The molecule has 0 N–H and O–H groups in total. The van der Waals surface area contributed by atoms with Crippen molar-refractivity contribution in [2.24, 2.45) is 0 Å². The summed E-state index contributed by atoms with van der Waals surface area (Å²) in [6.45, 7) is 3.93. The third kappa shape index (κ3) is 5.90. The normalized spacial score (nSPS) is 12.3. The van der Waals surface area contributed by atoms with Gasteiger partial charge in [-0.15, -0.1) is 0 Å². The molecule has 0 amide bonds. The van der Waals surface area contributed by atoms with Crippen molar-refractivity contribution >= 4 is 11.1 Å². The van der Waals surface area contributed by atoms with Crippen LogP contribution in [0.2, 0.25) is 0 Å². The predicted molar refractivity (Wildman–Crippen MR) is 234 cm³/mol. The number of aryl methyl sites for hydroxylation is 2. The summed E-state index contributed by atoms with van der Waals surface area (Å²) in [6, 6.07) is 63.3. The minimum absolute atomic E-state index is 0.430. The van der Waals surface area contributed by atoms with E-state index in [1.807, 2.05) is 117 Å². The molecular formula is C54H35N3O3. The van der Waals surface area contributed by atoms with Crippen LogP contribution in [-0.4, -0.2) is 4.98 Å². The van der Waals surface area contributed by atoms with Crippen molar-refractivity contribution in [1.82, 2.24) is 4.98 Å². The molecule has 1 aliphatic rings. The Balaban J connectivity index is 1.02. The zero-order valence-electron chi connectivity index (χ0n) is 32.8. The molecule has 1 aromatic heterocycles. The second-order valence-electron chi connectivity index (χ2n) is 15.0. The van der Waals surface area contributed by atoms with Gasteiger partial charge in [0.1, 0.15) is 46.2 Å². The molecule has 10 rings (SSSR count). The molecule has 1 aliphatic carbocycles. The molecule has 0 spiro atoms. The highest BCUT2D eigenvalue weighted by Gasteiger charge is 2.46. The van der Waals surface area contributed by atoms with E-state index >= 15 is 0 Å². The molecule has 0 fully saturated rings. The Morgan fingerprint density at radius 2 is 1.05 bits per heavy atom. The van der Waals surface area contributed by atoms with E-state index in [4.69, 9.17) is 18.9 Å². The fraction of sp³-hybridized carbons (Fsp3) is 0.0556. The smallest absolute Gasteiger partial charge is 0.227 e. The second-order valence-corrected chi connectivity index (χ2v) is 15.0. The molecule has 1 heterocycles. The maximum absolute atomic E-state index is 10.6. The van der Waals surface area contributed by atoms with Gasteiger partial charge in [0.15, 0.2) is 5.58 Å². The van der Waals surface area contributed by atoms with Crippen molar-refractivity contribution in [1.29, 1.82) is 10.5 Å². The van der Waals surface area contributed by atoms with Crippen LogP contribution >= 0.6 is 0 Å². The Hall–Kier alpha value is -8.19. The molecule has 0 radical (unpaired) electrons. The van der Waals surface area contributed by atoms with E-state index in [1.54, 1.807) is 0 Å². The van der Waals surface area contributed by atoms with Gasteiger partial charge in [0.2, 0.25) is 5.89 Å². The minimum Gasteiger partial charge on any atom is -0.456 e. The Labute approximate surface area is 347 Å². The standard InChI is InChI=1S/C54H35N3O3/c1-34-11-9-19-50(45(34)32-55)58-39-27-23-37(24-28-39)54(47-15-5-3-12-42(47)43-13-4-6-16-48(43)54)38-25-29-40(30-26-38)59-51-20-10-14-41(46(51)33-56)36-22-21-35(2)44(31-36)53-57-49-17-7-8-18-52(49)60-53/h3-31H,1-2H3. The van der Waals surface area contributed by atoms with Crippen molar-refractivity contribution in [2.45, 2.75) is 19.3 Å². The topological polar surface area (TPSA) is 92.1 Å². The first-order chi connectivity index (χ1) is 29.5. The van der Waals surface area contributed by atoms with Crippen LogP contribution in [0.15, 0.2) is 180 Å². The van der Waals surface area contributed by atoms with Crippen molar-refractivity contribution in [3.05, 3.63) is 220 Å². The highest BCUT2D eigenvalue weighted by Crippen LogP contribution is 2.56. The lowest BCUT2D eigenvalue weighted by Crippen LogP contribution is -2.28. The van der Waals surface area contributed by atoms with Gasteiger partial charge in [-0.1, -0.05) is 121 Å². The first-order valence-electron chi connectivity index (χ1n) is 19.7. The molecule has 0 saturated carbocycles. The molecule has 0 aliphatic heterocycles. The Morgan fingerprint density at radius 3 is 1.67 bits per heavy atom. The molecule has 284 valence electrons. The van der Waals surface area contributed by atoms with Crippen LogP contribution in [0, 0.1) is 36.5 Å². The molecular weight excluding hydrogens is 739 g/mol. The summed E-state index contributed by atoms with van der Waals surface area (Å²) in [6.07, 6.45) is 0. The summed E-state index contributed by atoms with van der Waals surface area (Å²) in [5.41, 5.74) is 13.0. The largest absolute Gasteiger partial charge is 0.456 e. The van der Waals surface area contributed by atoms with Crippen LogP contribution in [0.4, 0.5) is 0 Å². The zero-order valence-corrected chi connectivity index (χ0v) is 32.8. The van der Waals surface area contributed by atoms with Gasteiger partial charge >= 0.3 is 0 Å². The highest BCUT2D eigenvalue weighted by atomic mass is 16.5. The van der Waals surface area contributed by atoms with Gasteiger partial charge < -0.3 is 13.9 Å². The minimum atomic E-state index is -0.652. The summed E-state index contributed by atoms with van der Waals surface area (Å²) in [7, 11) is 0. The molecule has 0 bridgehead atoms. The van der Waals surface area contributed by atoms with Gasteiger partial charge in [-0.2, -0.15) is 10.5 Å². The summed E-state index contributed by atoms with van der Waals surface area (Å²) < 4.78 is 18.9. The van der Waals surface area contributed by atoms with Gasteiger partial charge in [-0.3, -0.25) is 0 Å². The fourth-order valence-corrected chi connectivity index (χ4v) is 8.67. The van der Waals surface area contributed by atoms with Gasteiger partial charge in [-0.05, 0) is 119 Å². The number of rotatable bonds is 8. The summed E-state index contributed by atoms with van der Waals surface area (Å²) in [5.74, 6) is 2.77. The lowest BCUT2D eigenvalue weighted by molar-refractivity contribution is 0.480. The van der Waals surface area contributed by atoms with Gasteiger partial charge in [0.25, 0.3) is 0 Å². The summed E-state index contributed by atoms with van der Waals surface area (Å²) >= 11 is 0. The Bertz CT molecular complexity index is 3120. The van der Waals surface area contributed by atoms with Crippen LogP contribution in [-0.2, 0) is 5.41 Å². The van der Waals surface area contributed by atoms with Crippen molar-refractivity contribution in [3.8, 4) is 68.8 Å². The maximum atomic E-state index is 10.6. The third-order valence-corrected chi connectivity index (χ3v) is 11.5. The van der Waals surface area contributed by atoms with Crippen molar-refractivity contribution < 1.29 is 13.9 Å². The monoisotopic (exact) mass is 773 g/mol. The van der Waals surface area contributed by atoms with Crippen LogP contribution in [0.5, 0.6) is 23.0 Å². The average molecular weight is 774 g/mol. The number of hydrogen-bond donors (Lipinski definition) is 0. The molecule has 8 aromatic carbocycles. The molecule has 6 nitrogen and oxygen atoms in total. The second kappa shape index (κ2) is 14.6. The van der Waals surface area contributed by atoms with Gasteiger partial charge in [0, 0.05) is 11.1 Å². The quantitative estimate of drug-likeness (QED) is 0.153. The number of nitrogens with zero attached hydrogens (tertiary/aromatic N) is 3. The van der Waals surface area contributed by atoms with Gasteiger partial charge in [0.05, 0.1) is 11.0 Å². The number of nitriles is 2. The number of oxazole rings is 1. The number of hydrogen-bond acceptors (Lipinski definition) is 6. The summed E-state index contributed by atoms with van der Waals surface area (Å²) in [4.78, 5) is 4.74. The number of para-hydroxylation sites is 2. The van der Waals surface area contributed by atoms with Crippen LogP contribution < -0.4 is 9.47 Å². The molecule has 6 heteroatoms. The molecule has 0 atom stereocenters. The van der Waals surface area contributed by atoms with E-state index in [0.717, 1.165) is 50.0 Å². The van der Waals surface area contributed by atoms with Crippen molar-refractivity contribution in [3.63, 3.8) is 0 Å². The molecule has 60 heavy (non-hydrogen) atoms. The number of benzene rings is 8. The number of aromatic nitrogens is 1. The number of ether oxygens (including phenoxy) is 2. The highest BCUT2D eigenvalue weighted by molar-refractivity contribution is 5.86. The molecule has 0 saturated heterocycles. The maximum Gasteiger partial charge on any atom is 0.227 e. The van der Waals surface area contributed by atoms with E-state index in [1.165, 1.54) is 22.3 Å². The van der Waals surface area contributed by atoms with E-state index in [9.17, 15) is 10.5 Å². The SMILES string of the molecule is Cc1ccc(-c2cccc(Oc3ccc(C4(c5ccc(Oc6cccc(C)c6C#N)cc5)c5ccccc5-c5ccccc54)cc3)c2C#N)cc1-c1nc2ccccc2o1. The average Bonchev–Trinajstić information content (AvgIpc) is 3.85. The third-order valence-electron chi connectivity index (χ3n) is 11.5. The lowest BCUT2D eigenvalue weighted by Gasteiger charge is -2.34. The van der Waals surface area contributed by atoms with Crippen molar-refractivity contribution in [2.75, 3.05) is 0 Å².